The van der Waals surface area contributed by atoms with Crippen LogP contribution in [-0.2, 0) is 19.5 Å². The molecular weight excluding hydrogens is 278 g/mol. The number of furan rings is 1. The van der Waals surface area contributed by atoms with Crippen molar-refractivity contribution in [1.82, 2.24) is 14.9 Å². The summed E-state index contributed by atoms with van der Waals surface area (Å²) in [7, 11) is 0. The maximum atomic E-state index is 12.1. The molecule has 0 atom stereocenters. The average molecular weight is 295 g/mol. The van der Waals surface area contributed by atoms with Gasteiger partial charge >= 0.3 is 0 Å². The third kappa shape index (κ3) is 2.33. The van der Waals surface area contributed by atoms with Gasteiger partial charge in [-0.25, -0.2) is 4.98 Å². The Kier molecular flexibility index (Phi) is 3.08. The van der Waals surface area contributed by atoms with E-state index >= 15 is 0 Å². The molecule has 1 N–H and O–H groups in total. The number of nitrogens with one attached hydrogen (secondary N) is 1. The Hall–Kier alpha value is -2.40. The molecule has 5 heteroatoms. The van der Waals surface area contributed by atoms with Gasteiger partial charge in [-0.1, -0.05) is 18.2 Å². The zero-order valence-corrected chi connectivity index (χ0v) is 12.4. The Morgan fingerprint density at radius 2 is 2.23 bits per heavy atom. The van der Waals surface area contributed by atoms with Gasteiger partial charge in [-0.2, -0.15) is 0 Å². The van der Waals surface area contributed by atoms with Gasteiger partial charge in [0.2, 0.25) is 0 Å². The zero-order valence-electron chi connectivity index (χ0n) is 12.4. The minimum Gasteiger partial charge on any atom is -0.460 e. The third-order valence-electron chi connectivity index (χ3n) is 4.12. The molecule has 0 spiro atoms. The predicted octanol–water partition coefficient (Wildman–Crippen LogP) is 2.38. The molecule has 0 unspecified atom stereocenters. The summed E-state index contributed by atoms with van der Waals surface area (Å²) >= 11 is 0. The topological polar surface area (TPSA) is 62.1 Å². The summed E-state index contributed by atoms with van der Waals surface area (Å²) in [6.45, 7) is 4.04. The largest absolute Gasteiger partial charge is 0.460 e. The molecule has 0 radical (unpaired) electrons. The molecule has 3 aromatic rings. The summed E-state index contributed by atoms with van der Waals surface area (Å²) in [6.07, 6.45) is 0.806. The first kappa shape index (κ1) is 13.3. The van der Waals surface area contributed by atoms with Crippen LogP contribution in [0.2, 0.25) is 0 Å². The van der Waals surface area contributed by atoms with Crippen molar-refractivity contribution in [1.29, 1.82) is 0 Å². The molecule has 22 heavy (non-hydrogen) atoms. The highest BCUT2D eigenvalue weighted by Crippen LogP contribution is 2.22. The van der Waals surface area contributed by atoms with Crippen LogP contribution >= 0.6 is 0 Å². The number of para-hydroxylation sites is 1. The third-order valence-corrected chi connectivity index (χ3v) is 4.12. The molecule has 112 valence electrons. The second kappa shape index (κ2) is 5.10. The maximum Gasteiger partial charge on any atom is 0.255 e. The predicted molar refractivity (Wildman–Crippen MR) is 83.6 cm³/mol. The maximum absolute atomic E-state index is 12.1. The first-order valence-corrected chi connectivity index (χ1v) is 7.47. The van der Waals surface area contributed by atoms with Crippen molar-refractivity contribution in [3.05, 3.63) is 63.5 Å². The molecular formula is C17H17N3O2. The Morgan fingerprint density at radius 3 is 3.09 bits per heavy atom. The van der Waals surface area contributed by atoms with E-state index in [2.05, 4.69) is 20.9 Å². The van der Waals surface area contributed by atoms with Gasteiger partial charge in [0.1, 0.15) is 17.2 Å². The average Bonchev–Trinajstić information content (AvgIpc) is 2.90. The molecule has 0 bridgehead atoms. The van der Waals surface area contributed by atoms with Crippen LogP contribution in [0.5, 0.6) is 0 Å². The van der Waals surface area contributed by atoms with Crippen molar-refractivity contribution < 1.29 is 4.42 Å². The lowest BCUT2D eigenvalue weighted by molar-refractivity contribution is 0.224. The number of aryl methyl sites for hydroxylation is 1. The van der Waals surface area contributed by atoms with Crippen LogP contribution in [0, 0.1) is 6.92 Å². The summed E-state index contributed by atoms with van der Waals surface area (Å²) in [5.74, 6) is 1.62. The van der Waals surface area contributed by atoms with E-state index in [1.807, 2.05) is 31.2 Å². The molecule has 0 saturated carbocycles. The Labute approximate surface area is 127 Å². The summed E-state index contributed by atoms with van der Waals surface area (Å²) in [5, 5.41) is 1.12. The van der Waals surface area contributed by atoms with Crippen molar-refractivity contribution in [2.45, 2.75) is 26.4 Å². The number of hydrogen-bond donors (Lipinski definition) is 1. The number of benzene rings is 1. The van der Waals surface area contributed by atoms with E-state index in [0.717, 1.165) is 41.0 Å². The van der Waals surface area contributed by atoms with E-state index in [4.69, 9.17) is 4.42 Å². The number of H-pyrrole nitrogens is 1. The van der Waals surface area contributed by atoms with Gasteiger partial charge in [0.25, 0.3) is 5.56 Å². The number of hydrogen-bond acceptors (Lipinski definition) is 4. The summed E-state index contributed by atoms with van der Waals surface area (Å²) in [4.78, 5) is 21.5. The molecule has 1 aliphatic heterocycles. The van der Waals surface area contributed by atoms with Crippen LogP contribution < -0.4 is 5.56 Å². The second-order valence-electron chi connectivity index (χ2n) is 5.79. The summed E-state index contributed by atoms with van der Waals surface area (Å²) < 4.78 is 5.86. The van der Waals surface area contributed by atoms with Crippen LogP contribution in [0.15, 0.2) is 39.5 Å². The van der Waals surface area contributed by atoms with E-state index < -0.39 is 0 Å². The SMILES string of the molecule is Cc1nc2c(c(=O)[nH]1)CN(Cc1cc3ccccc3o1)CC2. The monoisotopic (exact) mass is 295 g/mol. The Balaban J connectivity index is 1.58. The van der Waals surface area contributed by atoms with E-state index in [1.165, 1.54) is 0 Å². The lowest BCUT2D eigenvalue weighted by Gasteiger charge is -2.26. The normalized spacial score (nSPS) is 15.1. The fraction of sp³-hybridized carbons (Fsp3) is 0.294. The lowest BCUT2D eigenvalue weighted by atomic mass is 10.1. The Morgan fingerprint density at radius 1 is 1.36 bits per heavy atom. The molecule has 0 fully saturated rings. The first-order chi connectivity index (χ1) is 10.7. The molecule has 4 rings (SSSR count). The van der Waals surface area contributed by atoms with Crippen LogP contribution in [0.3, 0.4) is 0 Å². The van der Waals surface area contributed by atoms with Crippen LogP contribution in [0.1, 0.15) is 22.8 Å². The van der Waals surface area contributed by atoms with E-state index in [0.29, 0.717) is 18.9 Å². The fourth-order valence-electron chi connectivity index (χ4n) is 3.08. The summed E-state index contributed by atoms with van der Waals surface area (Å²) in [6, 6.07) is 10.1. The van der Waals surface area contributed by atoms with Crippen molar-refractivity contribution >= 4 is 11.0 Å². The Bertz CT molecular complexity index is 861. The number of aromatic nitrogens is 2. The molecule has 2 aromatic heterocycles. The van der Waals surface area contributed by atoms with Crippen molar-refractivity contribution in [2.24, 2.45) is 0 Å². The van der Waals surface area contributed by atoms with Gasteiger partial charge < -0.3 is 9.40 Å². The zero-order chi connectivity index (χ0) is 15.1. The molecule has 0 aliphatic carbocycles. The minimum absolute atomic E-state index is 0.0168. The van der Waals surface area contributed by atoms with Gasteiger partial charge in [0.15, 0.2) is 0 Å². The van der Waals surface area contributed by atoms with Crippen molar-refractivity contribution in [2.75, 3.05) is 6.54 Å². The molecule has 1 aromatic carbocycles. The number of fused-ring (bicyclic) bond motifs is 2. The summed E-state index contributed by atoms with van der Waals surface area (Å²) in [5.41, 5.74) is 2.61. The molecule has 0 saturated heterocycles. The van der Waals surface area contributed by atoms with Crippen molar-refractivity contribution in [3.8, 4) is 0 Å². The van der Waals surface area contributed by atoms with Gasteiger partial charge in [0, 0.05) is 24.9 Å². The van der Waals surface area contributed by atoms with Gasteiger partial charge in [0.05, 0.1) is 17.8 Å². The van der Waals surface area contributed by atoms with Crippen LogP contribution in [0.4, 0.5) is 0 Å². The number of aromatic amines is 1. The second-order valence-corrected chi connectivity index (χ2v) is 5.79. The van der Waals surface area contributed by atoms with E-state index in [1.54, 1.807) is 0 Å². The van der Waals surface area contributed by atoms with Crippen LogP contribution in [-0.4, -0.2) is 21.4 Å². The van der Waals surface area contributed by atoms with Gasteiger partial charge in [-0.05, 0) is 19.1 Å². The van der Waals surface area contributed by atoms with Crippen molar-refractivity contribution in [3.63, 3.8) is 0 Å². The highest BCUT2D eigenvalue weighted by atomic mass is 16.3. The molecule has 1 aliphatic rings. The first-order valence-electron chi connectivity index (χ1n) is 7.47. The minimum atomic E-state index is -0.0168. The van der Waals surface area contributed by atoms with Gasteiger partial charge in [-0.3, -0.25) is 9.69 Å². The van der Waals surface area contributed by atoms with E-state index in [-0.39, 0.29) is 5.56 Å². The highest BCUT2D eigenvalue weighted by Gasteiger charge is 2.21. The number of nitrogens with zero attached hydrogens (tertiary/aromatic N) is 2. The van der Waals surface area contributed by atoms with E-state index in [9.17, 15) is 4.79 Å². The highest BCUT2D eigenvalue weighted by molar-refractivity contribution is 5.77. The standard InChI is InChI=1S/C17H17N3O2/c1-11-18-15-6-7-20(10-14(15)17(21)19-11)9-13-8-12-4-2-3-5-16(12)22-13/h2-5,8H,6-7,9-10H2,1H3,(H,18,19,21). The molecule has 5 nitrogen and oxygen atoms in total. The number of rotatable bonds is 2. The molecule has 3 heterocycles. The smallest absolute Gasteiger partial charge is 0.255 e. The van der Waals surface area contributed by atoms with Crippen LogP contribution in [0.25, 0.3) is 11.0 Å². The quantitative estimate of drug-likeness (QED) is 0.788. The van der Waals surface area contributed by atoms with Gasteiger partial charge in [-0.15, -0.1) is 0 Å². The molecule has 0 amide bonds. The fourth-order valence-corrected chi connectivity index (χ4v) is 3.08. The lowest BCUT2D eigenvalue weighted by Crippen LogP contribution is -2.35.